The van der Waals surface area contributed by atoms with Gasteiger partial charge in [0.15, 0.2) is 6.61 Å². The summed E-state index contributed by atoms with van der Waals surface area (Å²) in [6.07, 6.45) is 1.80. The smallest absolute Gasteiger partial charge is 0.262 e. The first-order valence-electron chi connectivity index (χ1n) is 11.0. The van der Waals surface area contributed by atoms with E-state index >= 15 is 0 Å². The van der Waals surface area contributed by atoms with E-state index in [2.05, 4.69) is 20.6 Å². The van der Waals surface area contributed by atoms with Crippen LogP contribution in [0.1, 0.15) is 23.4 Å². The Balaban J connectivity index is 1.24. The molecule has 0 aliphatic carbocycles. The number of anilines is 1. The summed E-state index contributed by atoms with van der Waals surface area (Å²) in [5.41, 5.74) is 4.85. The minimum atomic E-state index is -0.210. The van der Waals surface area contributed by atoms with Crippen LogP contribution in [-0.2, 0) is 17.8 Å². The Morgan fingerprint density at radius 1 is 1.09 bits per heavy atom. The third kappa shape index (κ3) is 6.57. The van der Waals surface area contributed by atoms with Gasteiger partial charge in [-0.15, -0.1) is 0 Å². The molecule has 1 aromatic heterocycles. The number of imidazole rings is 1. The maximum absolute atomic E-state index is 12.3. The van der Waals surface area contributed by atoms with Gasteiger partial charge in [-0.05, 0) is 62.4 Å². The summed E-state index contributed by atoms with van der Waals surface area (Å²) in [4.78, 5) is 20.2. The molecule has 1 heterocycles. The molecule has 3 aromatic carbocycles. The van der Waals surface area contributed by atoms with E-state index in [0.29, 0.717) is 17.3 Å². The SMILES string of the molecule is Cc1ccc(NC(=O)COc2ccc(Cl)cc2CNCCCc2nc3ccccc3[nH]2)cc1. The first-order chi connectivity index (χ1) is 16.1. The minimum Gasteiger partial charge on any atom is -0.483 e. The van der Waals surface area contributed by atoms with E-state index in [1.54, 1.807) is 12.1 Å². The highest BCUT2D eigenvalue weighted by atomic mass is 35.5. The van der Waals surface area contributed by atoms with E-state index in [4.69, 9.17) is 16.3 Å². The van der Waals surface area contributed by atoms with Crippen LogP contribution >= 0.6 is 11.6 Å². The number of carbonyl (C=O) groups excluding carboxylic acids is 1. The van der Waals surface area contributed by atoms with Crippen molar-refractivity contribution < 1.29 is 9.53 Å². The Hall–Kier alpha value is -3.35. The number of nitrogens with one attached hydrogen (secondary N) is 3. The Kier molecular flexibility index (Phi) is 7.60. The fraction of sp³-hybridized carbons (Fsp3) is 0.231. The average molecular weight is 463 g/mol. The molecule has 0 atom stereocenters. The van der Waals surface area contributed by atoms with Gasteiger partial charge < -0.3 is 20.4 Å². The molecule has 33 heavy (non-hydrogen) atoms. The molecular weight excluding hydrogens is 436 g/mol. The lowest BCUT2D eigenvalue weighted by Gasteiger charge is -2.13. The van der Waals surface area contributed by atoms with Gasteiger partial charge in [0, 0.05) is 29.2 Å². The third-order valence-corrected chi connectivity index (χ3v) is 5.47. The highest BCUT2D eigenvalue weighted by Gasteiger charge is 2.09. The monoisotopic (exact) mass is 462 g/mol. The number of H-pyrrole nitrogens is 1. The van der Waals surface area contributed by atoms with Gasteiger partial charge in [0.2, 0.25) is 0 Å². The molecule has 0 fully saturated rings. The lowest BCUT2D eigenvalue weighted by molar-refractivity contribution is -0.118. The van der Waals surface area contributed by atoms with Gasteiger partial charge in [-0.25, -0.2) is 4.98 Å². The van der Waals surface area contributed by atoms with Gasteiger partial charge >= 0.3 is 0 Å². The number of aromatic nitrogens is 2. The molecule has 7 heteroatoms. The molecule has 6 nitrogen and oxygen atoms in total. The summed E-state index contributed by atoms with van der Waals surface area (Å²) in [5.74, 6) is 1.42. The molecule has 0 aliphatic rings. The van der Waals surface area contributed by atoms with E-state index in [1.165, 1.54) is 0 Å². The van der Waals surface area contributed by atoms with Crippen molar-refractivity contribution in [2.24, 2.45) is 0 Å². The van der Waals surface area contributed by atoms with Crippen LogP contribution in [0.5, 0.6) is 5.75 Å². The summed E-state index contributed by atoms with van der Waals surface area (Å²) in [7, 11) is 0. The van der Waals surface area contributed by atoms with Crippen LogP contribution in [-0.4, -0.2) is 29.0 Å². The number of carbonyl (C=O) groups is 1. The quantitative estimate of drug-likeness (QED) is 0.281. The second-order valence-electron chi connectivity index (χ2n) is 7.94. The number of aryl methyl sites for hydroxylation is 2. The Morgan fingerprint density at radius 2 is 1.91 bits per heavy atom. The van der Waals surface area contributed by atoms with Gasteiger partial charge in [0.25, 0.3) is 5.91 Å². The Labute approximate surface area is 198 Å². The van der Waals surface area contributed by atoms with Crippen LogP contribution in [0, 0.1) is 6.92 Å². The molecule has 0 bridgehead atoms. The summed E-state index contributed by atoms with van der Waals surface area (Å²) < 4.78 is 5.78. The molecule has 3 N–H and O–H groups in total. The number of amides is 1. The second-order valence-corrected chi connectivity index (χ2v) is 8.37. The number of benzene rings is 3. The van der Waals surface area contributed by atoms with Crippen molar-refractivity contribution in [2.45, 2.75) is 26.3 Å². The molecule has 0 radical (unpaired) electrons. The lowest BCUT2D eigenvalue weighted by Crippen LogP contribution is -2.21. The first kappa shape index (κ1) is 22.8. The van der Waals surface area contributed by atoms with E-state index in [1.807, 2.05) is 61.5 Å². The van der Waals surface area contributed by atoms with Crippen LogP contribution in [0.3, 0.4) is 0 Å². The molecule has 0 saturated carbocycles. The predicted molar refractivity (Wildman–Crippen MR) is 133 cm³/mol. The van der Waals surface area contributed by atoms with Gasteiger partial charge in [-0.3, -0.25) is 4.79 Å². The molecule has 1 amide bonds. The topological polar surface area (TPSA) is 79.0 Å². The van der Waals surface area contributed by atoms with E-state index < -0.39 is 0 Å². The zero-order chi connectivity index (χ0) is 23.0. The maximum atomic E-state index is 12.3. The van der Waals surface area contributed by atoms with Crippen molar-refractivity contribution in [2.75, 3.05) is 18.5 Å². The van der Waals surface area contributed by atoms with Gasteiger partial charge in [0.1, 0.15) is 11.6 Å². The highest BCUT2D eigenvalue weighted by Crippen LogP contribution is 2.23. The predicted octanol–water partition coefficient (Wildman–Crippen LogP) is 5.26. The standard InChI is InChI=1S/C26H27ClN4O2/c1-18-8-11-21(12-9-18)29-26(32)17-33-24-13-10-20(27)15-19(24)16-28-14-4-7-25-30-22-5-2-3-6-23(22)31-25/h2-3,5-6,8-13,15,28H,4,7,14,16-17H2,1H3,(H,29,32)(H,30,31). The summed E-state index contributed by atoms with van der Waals surface area (Å²) >= 11 is 6.18. The number of para-hydroxylation sites is 2. The fourth-order valence-electron chi connectivity index (χ4n) is 3.53. The van der Waals surface area contributed by atoms with Crippen molar-refractivity contribution in [1.29, 1.82) is 0 Å². The number of hydrogen-bond donors (Lipinski definition) is 3. The highest BCUT2D eigenvalue weighted by molar-refractivity contribution is 6.30. The molecule has 4 rings (SSSR count). The third-order valence-electron chi connectivity index (χ3n) is 5.24. The molecule has 170 valence electrons. The second kappa shape index (κ2) is 11.0. The molecular formula is C26H27ClN4O2. The number of fused-ring (bicyclic) bond motifs is 1. The summed E-state index contributed by atoms with van der Waals surface area (Å²) in [5, 5.41) is 6.90. The van der Waals surface area contributed by atoms with Crippen LogP contribution < -0.4 is 15.4 Å². The molecule has 0 unspecified atom stereocenters. The van der Waals surface area contributed by atoms with Crippen LogP contribution in [0.2, 0.25) is 5.02 Å². The number of ether oxygens (including phenoxy) is 1. The number of hydrogen-bond acceptors (Lipinski definition) is 4. The Morgan fingerprint density at radius 3 is 2.73 bits per heavy atom. The van der Waals surface area contributed by atoms with Crippen molar-refractivity contribution in [3.8, 4) is 5.75 Å². The van der Waals surface area contributed by atoms with Gasteiger partial charge in [0.05, 0.1) is 11.0 Å². The summed E-state index contributed by atoms with van der Waals surface area (Å²) in [6.45, 7) is 3.34. The van der Waals surface area contributed by atoms with Gasteiger partial charge in [-0.2, -0.15) is 0 Å². The van der Waals surface area contributed by atoms with Crippen LogP contribution in [0.25, 0.3) is 11.0 Å². The lowest BCUT2D eigenvalue weighted by atomic mass is 10.2. The maximum Gasteiger partial charge on any atom is 0.262 e. The van der Waals surface area contributed by atoms with E-state index in [-0.39, 0.29) is 12.5 Å². The van der Waals surface area contributed by atoms with Crippen LogP contribution in [0.15, 0.2) is 66.7 Å². The number of halogens is 1. The van der Waals surface area contributed by atoms with Crippen molar-refractivity contribution in [3.05, 3.63) is 88.7 Å². The number of nitrogens with zero attached hydrogens (tertiary/aromatic N) is 1. The molecule has 0 aliphatic heterocycles. The Bertz CT molecular complexity index is 1190. The van der Waals surface area contributed by atoms with Crippen LogP contribution in [0.4, 0.5) is 5.69 Å². The normalized spacial score (nSPS) is 11.0. The minimum absolute atomic E-state index is 0.0748. The first-order valence-corrected chi connectivity index (χ1v) is 11.4. The molecule has 0 spiro atoms. The fourth-order valence-corrected chi connectivity index (χ4v) is 3.73. The number of rotatable bonds is 10. The van der Waals surface area contributed by atoms with Crippen molar-refractivity contribution in [3.63, 3.8) is 0 Å². The molecule has 0 saturated heterocycles. The summed E-state index contributed by atoms with van der Waals surface area (Å²) in [6, 6.07) is 21.1. The zero-order valence-corrected chi connectivity index (χ0v) is 19.3. The number of aromatic amines is 1. The zero-order valence-electron chi connectivity index (χ0n) is 18.5. The van der Waals surface area contributed by atoms with Gasteiger partial charge in [-0.1, -0.05) is 41.4 Å². The van der Waals surface area contributed by atoms with Crippen molar-refractivity contribution in [1.82, 2.24) is 15.3 Å². The van der Waals surface area contributed by atoms with E-state index in [9.17, 15) is 4.79 Å². The average Bonchev–Trinajstić information content (AvgIpc) is 3.23. The van der Waals surface area contributed by atoms with Crippen molar-refractivity contribution >= 4 is 34.2 Å². The largest absolute Gasteiger partial charge is 0.483 e. The van der Waals surface area contributed by atoms with E-state index in [0.717, 1.165) is 53.1 Å². The molecule has 4 aromatic rings.